The van der Waals surface area contributed by atoms with Crippen molar-refractivity contribution in [3.05, 3.63) is 68.0 Å². The van der Waals surface area contributed by atoms with Gasteiger partial charge < -0.3 is 4.57 Å². The third-order valence-electron chi connectivity index (χ3n) is 3.95. The molecule has 0 N–H and O–H groups in total. The third kappa shape index (κ3) is 2.85. The number of aryl methyl sites for hydroxylation is 3. The summed E-state index contributed by atoms with van der Waals surface area (Å²) < 4.78 is 2.54. The van der Waals surface area contributed by atoms with Crippen LogP contribution in [0, 0.1) is 24.0 Å². The molecule has 0 saturated carbocycles. The van der Waals surface area contributed by atoms with E-state index in [1.807, 2.05) is 26.0 Å². The minimum absolute atomic E-state index is 0.0166. The zero-order valence-corrected chi connectivity index (χ0v) is 14.3. The van der Waals surface area contributed by atoms with Crippen molar-refractivity contribution >= 4 is 33.1 Å². The Morgan fingerprint density at radius 1 is 1.17 bits per heavy atom. The molecular weight excluding hydrogens is 326 g/mol. The van der Waals surface area contributed by atoms with Crippen LogP contribution in [0.1, 0.15) is 21.5 Å². The van der Waals surface area contributed by atoms with E-state index in [0.29, 0.717) is 15.9 Å². The molecule has 0 radical (unpaired) electrons. The molecule has 0 saturated heterocycles. The quantitative estimate of drug-likeness (QED) is 0.528. The van der Waals surface area contributed by atoms with E-state index in [2.05, 4.69) is 4.99 Å². The Balaban J connectivity index is 2.09. The van der Waals surface area contributed by atoms with Gasteiger partial charge in [-0.15, -0.1) is 0 Å². The number of rotatable bonds is 2. The molecule has 0 spiro atoms. The number of carbonyl (C=O) groups is 1. The average molecular weight is 341 g/mol. The second-order valence-electron chi connectivity index (χ2n) is 5.57. The maximum absolute atomic E-state index is 12.4. The summed E-state index contributed by atoms with van der Waals surface area (Å²) >= 11 is 1.33. The van der Waals surface area contributed by atoms with Crippen LogP contribution in [0.3, 0.4) is 0 Å². The van der Waals surface area contributed by atoms with Crippen LogP contribution >= 0.6 is 11.3 Å². The molecule has 0 aliphatic heterocycles. The summed E-state index contributed by atoms with van der Waals surface area (Å²) in [6.07, 6.45) is 0. The molecule has 24 heavy (non-hydrogen) atoms. The number of hydrogen-bond acceptors (Lipinski definition) is 4. The number of benzene rings is 2. The number of amides is 1. The van der Waals surface area contributed by atoms with Crippen LogP contribution in [0.25, 0.3) is 10.2 Å². The van der Waals surface area contributed by atoms with Gasteiger partial charge in [-0.2, -0.15) is 4.99 Å². The van der Waals surface area contributed by atoms with Crippen molar-refractivity contribution in [2.24, 2.45) is 12.0 Å². The molecular formula is C17H15N3O3S. The Morgan fingerprint density at radius 2 is 1.92 bits per heavy atom. The zero-order valence-electron chi connectivity index (χ0n) is 13.4. The molecule has 1 amide bonds. The third-order valence-corrected chi connectivity index (χ3v) is 5.07. The van der Waals surface area contributed by atoms with E-state index >= 15 is 0 Å². The first-order valence-corrected chi connectivity index (χ1v) is 8.09. The number of fused-ring (bicyclic) bond motifs is 1. The van der Waals surface area contributed by atoms with Gasteiger partial charge in [-0.05, 0) is 43.2 Å². The van der Waals surface area contributed by atoms with E-state index in [0.717, 1.165) is 15.8 Å². The van der Waals surface area contributed by atoms with Gasteiger partial charge in [0.1, 0.15) is 0 Å². The highest BCUT2D eigenvalue weighted by Gasteiger charge is 2.12. The van der Waals surface area contributed by atoms with E-state index in [4.69, 9.17) is 0 Å². The first-order chi connectivity index (χ1) is 11.4. The number of nitro groups is 1. The van der Waals surface area contributed by atoms with Gasteiger partial charge in [0.15, 0.2) is 4.80 Å². The van der Waals surface area contributed by atoms with Crippen molar-refractivity contribution in [1.82, 2.24) is 4.57 Å². The van der Waals surface area contributed by atoms with Crippen molar-refractivity contribution in [3.8, 4) is 0 Å². The van der Waals surface area contributed by atoms with Gasteiger partial charge in [0.25, 0.3) is 11.6 Å². The number of thiazole rings is 1. The summed E-state index contributed by atoms with van der Waals surface area (Å²) in [4.78, 5) is 27.6. The molecule has 0 aliphatic rings. The van der Waals surface area contributed by atoms with Gasteiger partial charge in [0.2, 0.25) is 0 Å². The number of aromatic nitrogens is 1. The fraction of sp³-hybridized carbons (Fsp3) is 0.176. The normalized spacial score (nSPS) is 11.9. The molecule has 1 aromatic heterocycles. The number of carbonyl (C=O) groups excluding carboxylic acids is 1. The molecule has 3 rings (SSSR count). The Morgan fingerprint density at radius 3 is 2.58 bits per heavy atom. The Bertz CT molecular complexity index is 1050. The predicted octanol–water partition coefficient (Wildman–Crippen LogP) is 3.51. The van der Waals surface area contributed by atoms with Gasteiger partial charge in [-0.3, -0.25) is 14.9 Å². The van der Waals surface area contributed by atoms with Crippen LogP contribution in [0.2, 0.25) is 0 Å². The minimum Gasteiger partial charge on any atom is -0.319 e. The van der Waals surface area contributed by atoms with E-state index in [9.17, 15) is 14.9 Å². The molecule has 122 valence electrons. The molecule has 0 aliphatic carbocycles. The van der Waals surface area contributed by atoms with Crippen molar-refractivity contribution in [1.29, 1.82) is 0 Å². The van der Waals surface area contributed by atoms with Gasteiger partial charge in [0, 0.05) is 24.7 Å². The van der Waals surface area contributed by atoms with Crippen LogP contribution < -0.4 is 4.80 Å². The SMILES string of the molecule is Cc1ccc(C(=O)N=c2sc3ccc([N+](=O)[O-])cc3n2C)cc1C. The van der Waals surface area contributed by atoms with E-state index in [1.165, 1.54) is 23.5 Å². The summed E-state index contributed by atoms with van der Waals surface area (Å²) in [5.74, 6) is -0.324. The summed E-state index contributed by atoms with van der Waals surface area (Å²) in [5.41, 5.74) is 3.38. The fourth-order valence-corrected chi connectivity index (χ4v) is 3.36. The molecule has 0 atom stereocenters. The predicted molar refractivity (Wildman–Crippen MR) is 93.3 cm³/mol. The highest BCUT2D eigenvalue weighted by atomic mass is 32.1. The smallest absolute Gasteiger partial charge is 0.279 e. The van der Waals surface area contributed by atoms with Crippen molar-refractivity contribution in [2.75, 3.05) is 0 Å². The molecule has 3 aromatic rings. The maximum Gasteiger partial charge on any atom is 0.279 e. The first kappa shape index (κ1) is 16.1. The molecule has 0 unspecified atom stereocenters. The number of non-ortho nitro benzene ring substituents is 1. The molecule has 0 fully saturated rings. The fourth-order valence-electron chi connectivity index (χ4n) is 2.36. The van der Waals surface area contributed by atoms with E-state index < -0.39 is 4.92 Å². The highest BCUT2D eigenvalue weighted by molar-refractivity contribution is 7.16. The summed E-state index contributed by atoms with van der Waals surface area (Å²) in [5, 5.41) is 10.9. The van der Waals surface area contributed by atoms with Crippen LogP contribution in [0.4, 0.5) is 5.69 Å². The standard InChI is InChI=1S/C17H15N3O3S/c1-10-4-5-12(8-11(10)2)16(21)18-17-19(3)14-9-13(20(22)23)6-7-15(14)24-17/h4-9H,1-3H3. The zero-order chi connectivity index (χ0) is 17.4. The van der Waals surface area contributed by atoms with Crippen molar-refractivity contribution < 1.29 is 9.72 Å². The lowest BCUT2D eigenvalue weighted by Gasteiger charge is -2.01. The topological polar surface area (TPSA) is 77.5 Å². The largest absolute Gasteiger partial charge is 0.319 e. The van der Waals surface area contributed by atoms with Crippen molar-refractivity contribution in [2.45, 2.75) is 13.8 Å². The van der Waals surface area contributed by atoms with E-state index in [-0.39, 0.29) is 11.6 Å². The van der Waals surface area contributed by atoms with Crippen LogP contribution in [-0.4, -0.2) is 15.4 Å². The second kappa shape index (κ2) is 6.01. The van der Waals surface area contributed by atoms with Crippen LogP contribution in [-0.2, 0) is 7.05 Å². The monoisotopic (exact) mass is 341 g/mol. The second-order valence-corrected chi connectivity index (χ2v) is 6.58. The Kier molecular flexibility index (Phi) is 4.02. The van der Waals surface area contributed by atoms with Crippen molar-refractivity contribution in [3.63, 3.8) is 0 Å². The molecule has 1 heterocycles. The lowest BCUT2D eigenvalue weighted by molar-refractivity contribution is -0.384. The van der Waals surface area contributed by atoms with Gasteiger partial charge >= 0.3 is 0 Å². The van der Waals surface area contributed by atoms with Gasteiger partial charge in [-0.1, -0.05) is 17.4 Å². The average Bonchev–Trinajstić information content (AvgIpc) is 2.85. The minimum atomic E-state index is -0.436. The van der Waals surface area contributed by atoms with Crippen LogP contribution in [0.5, 0.6) is 0 Å². The molecule has 7 heteroatoms. The summed E-state index contributed by atoms with van der Waals surface area (Å²) in [6.45, 7) is 3.93. The molecule has 6 nitrogen and oxygen atoms in total. The molecule has 2 aromatic carbocycles. The van der Waals surface area contributed by atoms with Crippen LogP contribution in [0.15, 0.2) is 41.4 Å². The highest BCUT2D eigenvalue weighted by Crippen LogP contribution is 2.22. The lowest BCUT2D eigenvalue weighted by Crippen LogP contribution is -2.13. The Hall–Kier alpha value is -2.80. The first-order valence-electron chi connectivity index (χ1n) is 7.27. The van der Waals surface area contributed by atoms with E-state index in [1.54, 1.807) is 23.7 Å². The summed E-state index contributed by atoms with van der Waals surface area (Å²) in [7, 11) is 1.75. The number of nitrogens with zero attached hydrogens (tertiary/aromatic N) is 3. The maximum atomic E-state index is 12.4. The number of hydrogen-bond donors (Lipinski definition) is 0. The lowest BCUT2D eigenvalue weighted by atomic mass is 10.1. The van der Waals surface area contributed by atoms with Gasteiger partial charge in [-0.25, -0.2) is 0 Å². The Labute approximate surface area is 141 Å². The number of nitro benzene ring substituents is 1. The van der Waals surface area contributed by atoms with Gasteiger partial charge in [0.05, 0.1) is 15.1 Å². The summed E-state index contributed by atoms with van der Waals surface area (Å²) in [6, 6.07) is 10.1. The molecule has 0 bridgehead atoms.